The number of aromatic nitrogens is 2. The van der Waals surface area contributed by atoms with Crippen LogP contribution in [0.3, 0.4) is 0 Å². The number of halogens is 2. The monoisotopic (exact) mass is 271 g/mol. The van der Waals surface area contributed by atoms with Gasteiger partial charge in [0.2, 0.25) is 0 Å². The Bertz CT molecular complexity index is 530. The van der Waals surface area contributed by atoms with Gasteiger partial charge >= 0.3 is 0 Å². The van der Waals surface area contributed by atoms with Crippen LogP contribution in [-0.4, -0.2) is 16.9 Å². The van der Waals surface area contributed by atoms with E-state index in [1.165, 1.54) is 13.2 Å². The standard InChI is InChI=1S/C12H14FN3O.ClH/c1-16-6-5-10(15-16)12(14)8-3-4-11(17-2)9(13)7-8;/h3-7,12H,14H2,1-2H3;1H. The van der Waals surface area contributed by atoms with Gasteiger partial charge in [0.05, 0.1) is 18.8 Å². The molecule has 1 aromatic heterocycles. The van der Waals surface area contributed by atoms with Gasteiger partial charge in [-0.3, -0.25) is 4.68 Å². The van der Waals surface area contributed by atoms with E-state index in [0.717, 1.165) is 0 Å². The van der Waals surface area contributed by atoms with E-state index in [0.29, 0.717) is 11.3 Å². The van der Waals surface area contributed by atoms with E-state index < -0.39 is 11.9 Å². The molecule has 0 saturated carbocycles. The van der Waals surface area contributed by atoms with Crippen LogP contribution in [0.5, 0.6) is 5.75 Å². The molecule has 2 rings (SSSR count). The van der Waals surface area contributed by atoms with Gasteiger partial charge in [0, 0.05) is 13.2 Å². The molecule has 0 fully saturated rings. The highest BCUT2D eigenvalue weighted by molar-refractivity contribution is 5.85. The first-order chi connectivity index (χ1) is 8.11. The molecular weight excluding hydrogens is 257 g/mol. The molecule has 18 heavy (non-hydrogen) atoms. The van der Waals surface area contributed by atoms with Crippen LogP contribution >= 0.6 is 12.4 Å². The molecule has 0 aliphatic heterocycles. The molecule has 1 atom stereocenters. The second-order valence-corrected chi connectivity index (χ2v) is 3.79. The van der Waals surface area contributed by atoms with E-state index in [1.54, 1.807) is 23.0 Å². The van der Waals surface area contributed by atoms with Crippen molar-refractivity contribution in [2.45, 2.75) is 6.04 Å². The average Bonchev–Trinajstić information content (AvgIpc) is 2.75. The number of methoxy groups -OCH3 is 1. The van der Waals surface area contributed by atoms with E-state index >= 15 is 0 Å². The molecule has 0 bridgehead atoms. The van der Waals surface area contributed by atoms with Crippen molar-refractivity contribution in [3.8, 4) is 5.75 Å². The largest absolute Gasteiger partial charge is 0.494 e. The van der Waals surface area contributed by atoms with Crippen molar-refractivity contribution in [2.75, 3.05) is 7.11 Å². The van der Waals surface area contributed by atoms with Gasteiger partial charge in [-0.25, -0.2) is 4.39 Å². The number of nitrogens with zero attached hydrogens (tertiary/aromatic N) is 2. The maximum Gasteiger partial charge on any atom is 0.165 e. The van der Waals surface area contributed by atoms with Crippen molar-refractivity contribution in [3.05, 3.63) is 47.5 Å². The van der Waals surface area contributed by atoms with Gasteiger partial charge < -0.3 is 10.5 Å². The highest BCUT2D eigenvalue weighted by atomic mass is 35.5. The third-order valence-corrected chi connectivity index (χ3v) is 2.59. The Morgan fingerprint density at radius 2 is 2.11 bits per heavy atom. The SMILES string of the molecule is COc1ccc(C(N)c2ccn(C)n2)cc1F.Cl. The third kappa shape index (κ3) is 2.80. The summed E-state index contributed by atoms with van der Waals surface area (Å²) >= 11 is 0. The van der Waals surface area contributed by atoms with Crippen molar-refractivity contribution < 1.29 is 9.13 Å². The van der Waals surface area contributed by atoms with Crippen LogP contribution in [-0.2, 0) is 7.05 Å². The zero-order valence-electron chi connectivity index (χ0n) is 10.1. The fourth-order valence-electron chi connectivity index (χ4n) is 1.65. The van der Waals surface area contributed by atoms with Gasteiger partial charge in [-0.2, -0.15) is 5.10 Å². The summed E-state index contributed by atoms with van der Waals surface area (Å²) in [5.74, 6) is -0.210. The van der Waals surface area contributed by atoms with Crippen molar-refractivity contribution in [1.82, 2.24) is 9.78 Å². The Balaban J connectivity index is 0.00000162. The van der Waals surface area contributed by atoms with Crippen LogP contribution in [0, 0.1) is 5.82 Å². The lowest BCUT2D eigenvalue weighted by atomic mass is 10.0. The zero-order valence-corrected chi connectivity index (χ0v) is 10.9. The number of ether oxygens (including phenoxy) is 1. The minimum absolute atomic E-state index is 0. The molecule has 0 aliphatic rings. The minimum atomic E-state index is -0.434. The van der Waals surface area contributed by atoms with Crippen molar-refractivity contribution in [1.29, 1.82) is 0 Å². The topological polar surface area (TPSA) is 53.1 Å². The van der Waals surface area contributed by atoms with Crippen molar-refractivity contribution in [2.24, 2.45) is 12.8 Å². The van der Waals surface area contributed by atoms with E-state index in [1.807, 2.05) is 13.1 Å². The second kappa shape index (κ2) is 5.84. The highest BCUT2D eigenvalue weighted by Gasteiger charge is 2.13. The number of hydrogen-bond donors (Lipinski definition) is 1. The Labute approximate surface area is 111 Å². The smallest absolute Gasteiger partial charge is 0.165 e. The van der Waals surface area contributed by atoms with Crippen molar-refractivity contribution in [3.63, 3.8) is 0 Å². The maximum atomic E-state index is 13.5. The molecule has 2 aromatic rings. The normalized spacial score (nSPS) is 11.8. The van der Waals surface area contributed by atoms with E-state index in [4.69, 9.17) is 10.5 Å². The van der Waals surface area contributed by atoms with Gasteiger partial charge in [0.25, 0.3) is 0 Å². The molecule has 1 unspecified atom stereocenters. The van der Waals surface area contributed by atoms with E-state index in [-0.39, 0.29) is 18.2 Å². The first-order valence-electron chi connectivity index (χ1n) is 5.20. The summed E-state index contributed by atoms with van der Waals surface area (Å²) in [7, 11) is 3.24. The molecule has 6 heteroatoms. The summed E-state index contributed by atoms with van der Waals surface area (Å²) in [6, 6.07) is 6.05. The molecule has 1 aromatic carbocycles. The molecule has 4 nitrogen and oxygen atoms in total. The molecule has 2 N–H and O–H groups in total. The molecule has 0 spiro atoms. The minimum Gasteiger partial charge on any atom is -0.494 e. The molecule has 0 amide bonds. The number of benzene rings is 1. The van der Waals surface area contributed by atoms with Gasteiger partial charge in [-0.05, 0) is 23.8 Å². The first-order valence-corrected chi connectivity index (χ1v) is 5.20. The Morgan fingerprint density at radius 3 is 2.61 bits per heavy atom. The number of hydrogen-bond acceptors (Lipinski definition) is 3. The van der Waals surface area contributed by atoms with E-state index in [9.17, 15) is 4.39 Å². The van der Waals surface area contributed by atoms with Gasteiger partial charge in [0.15, 0.2) is 11.6 Å². The van der Waals surface area contributed by atoms with E-state index in [2.05, 4.69) is 5.10 Å². The summed E-state index contributed by atoms with van der Waals surface area (Å²) < 4.78 is 20.0. The number of aryl methyl sites for hydroxylation is 1. The average molecular weight is 272 g/mol. The number of rotatable bonds is 3. The zero-order chi connectivity index (χ0) is 12.4. The summed E-state index contributed by atoms with van der Waals surface area (Å²) in [4.78, 5) is 0. The summed E-state index contributed by atoms with van der Waals surface area (Å²) in [5, 5.41) is 4.20. The van der Waals surface area contributed by atoms with Gasteiger partial charge in [0.1, 0.15) is 0 Å². The predicted octanol–water partition coefficient (Wildman–Crippen LogP) is 2.04. The van der Waals surface area contributed by atoms with Crippen LogP contribution in [0.2, 0.25) is 0 Å². The maximum absolute atomic E-state index is 13.5. The summed E-state index contributed by atoms with van der Waals surface area (Å²) in [5.41, 5.74) is 7.38. The molecule has 0 saturated heterocycles. The van der Waals surface area contributed by atoms with Crippen LogP contribution in [0.25, 0.3) is 0 Å². The van der Waals surface area contributed by atoms with Gasteiger partial charge in [-0.15, -0.1) is 12.4 Å². The van der Waals surface area contributed by atoms with Crippen LogP contribution < -0.4 is 10.5 Å². The van der Waals surface area contributed by atoms with Crippen LogP contribution in [0.4, 0.5) is 4.39 Å². The lowest BCUT2D eigenvalue weighted by Gasteiger charge is -2.10. The predicted molar refractivity (Wildman–Crippen MR) is 69.4 cm³/mol. The molecule has 0 radical (unpaired) electrons. The molecule has 1 heterocycles. The molecular formula is C12H15ClFN3O. The Morgan fingerprint density at radius 1 is 1.39 bits per heavy atom. The first kappa shape index (κ1) is 14.5. The molecule has 98 valence electrons. The van der Waals surface area contributed by atoms with Crippen LogP contribution in [0.15, 0.2) is 30.5 Å². The Kier molecular flexibility index (Phi) is 4.69. The fraction of sp³-hybridized carbons (Fsp3) is 0.250. The summed E-state index contributed by atoms with van der Waals surface area (Å²) in [6.07, 6.45) is 1.80. The van der Waals surface area contributed by atoms with Gasteiger partial charge in [-0.1, -0.05) is 6.07 Å². The lowest BCUT2D eigenvalue weighted by Crippen LogP contribution is -2.13. The molecule has 0 aliphatic carbocycles. The highest BCUT2D eigenvalue weighted by Crippen LogP contribution is 2.23. The fourth-order valence-corrected chi connectivity index (χ4v) is 1.65. The lowest BCUT2D eigenvalue weighted by molar-refractivity contribution is 0.386. The third-order valence-electron chi connectivity index (χ3n) is 2.59. The van der Waals surface area contributed by atoms with Crippen molar-refractivity contribution >= 4 is 12.4 Å². The Hall–Kier alpha value is -1.59. The van der Waals surface area contributed by atoms with Crippen LogP contribution in [0.1, 0.15) is 17.3 Å². The quantitative estimate of drug-likeness (QED) is 0.929. The second-order valence-electron chi connectivity index (χ2n) is 3.79. The number of nitrogens with two attached hydrogens (primary N) is 1. The summed E-state index contributed by atoms with van der Waals surface area (Å²) in [6.45, 7) is 0.